The van der Waals surface area contributed by atoms with Crippen LogP contribution in [0.15, 0.2) is 105 Å². The van der Waals surface area contributed by atoms with Gasteiger partial charge in [-0.3, -0.25) is 14.5 Å². The van der Waals surface area contributed by atoms with Crippen molar-refractivity contribution >= 4 is 38.6 Å². The van der Waals surface area contributed by atoms with E-state index in [-0.39, 0.29) is 11.2 Å². The molecule has 7 heteroatoms. The number of fused-ring (bicyclic) bond motifs is 2. The maximum atomic E-state index is 13.8. The van der Waals surface area contributed by atoms with Crippen LogP contribution in [0.1, 0.15) is 38.9 Å². The van der Waals surface area contributed by atoms with Crippen LogP contribution in [0, 0.1) is 6.92 Å². The molecule has 1 aliphatic rings. The summed E-state index contributed by atoms with van der Waals surface area (Å²) in [7, 11) is 0. The predicted octanol–water partition coefficient (Wildman–Crippen LogP) is 6.59. The van der Waals surface area contributed by atoms with Crippen molar-refractivity contribution in [2.75, 3.05) is 4.90 Å². The molecule has 3 heterocycles. The second-order valence-corrected chi connectivity index (χ2v) is 9.84. The van der Waals surface area contributed by atoms with Crippen molar-refractivity contribution < 1.29 is 13.9 Å². The molecule has 1 aliphatic heterocycles. The highest BCUT2D eigenvalue weighted by molar-refractivity contribution is 9.10. The van der Waals surface area contributed by atoms with Gasteiger partial charge in [0.15, 0.2) is 5.43 Å². The number of aryl methyl sites for hydroxylation is 1. The largest absolute Gasteiger partial charge is 0.489 e. The molecule has 0 N–H and O–H groups in total. The smallest absolute Gasteiger partial charge is 0.296 e. The van der Waals surface area contributed by atoms with Gasteiger partial charge in [0.25, 0.3) is 5.91 Å². The van der Waals surface area contributed by atoms with E-state index in [4.69, 9.17) is 9.15 Å². The number of halogens is 1. The molecule has 1 amide bonds. The first-order valence-corrected chi connectivity index (χ1v) is 12.6. The summed E-state index contributed by atoms with van der Waals surface area (Å²) >= 11 is 3.43. The molecule has 3 aromatic carbocycles. The van der Waals surface area contributed by atoms with Crippen molar-refractivity contribution in [3.63, 3.8) is 0 Å². The topological polar surface area (TPSA) is 72.6 Å². The summed E-state index contributed by atoms with van der Waals surface area (Å²) in [5.41, 5.74) is 3.21. The summed E-state index contributed by atoms with van der Waals surface area (Å²) in [6.07, 6.45) is 1.70. The number of nitrogens with zero attached hydrogens (tertiary/aromatic N) is 2. The summed E-state index contributed by atoms with van der Waals surface area (Å²) < 4.78 is 12.7. The van der Waals surface area contributed by atoms with Gasteiger partial charge in [0.2, 0.25) is 5.76 Å². The van der Waals surface area contributed by atoms with E-state index in [0.29, 0.717) is 34.7 Å². The number of carbonyl (C=O) groups is 1. The molecule has 2 aromatic heterocycles. The van der Waals surface area contributed by atoms with E-state index in [1.165, 1.54) is 4.90 Å². The molecule has 0 spiro atoms. The Balaban J connectivity index is 1.44. The quantitative estimate of drug-likeness (QED) is 0.246. The van der Waals surface area contributed by atoms with E-state index < -0.39 is 11.9 Å². The van der Waals surface area contributed by atoms with Crippen LogP contribution in [0.4, 0.5) is 5.82 Å². The fourth-order valence-corrected chi connectivity index (χ4v) is 4.95. The zero-order valence-corrected chi connectivity index (χ0v) is 21.4. The number of benzene rings is 3. The van der Waals surface area contributed by atoms with Crippen molar-refractivity contribution in [3.8, 4) is 5.75 Å². The lowest BCUT2D eigenvalue weighted by Gasteiger charge is -2.24. The number of carbonyl (C=O) groups excluding carboxylic acids is 1. The molecular formula is C30H21BrN2O4. The molecular weight excluding hydrogens is 532 g/mol. The zero-order valence-electron chi connectivity index (χ0n) is 19.9. The van der Waals surface area contributed by atoms with Gasteiger partial charge in [0.1, 0.15) is 23.8 Å². The Morgan fingerprint density at radius 2 is 1.76 bits per heavy atom. The molecule has 37 heavy (non-hydrogen) atoms. The van der Waals surface area contributed by atoms with Crippen LogP contribution in [0.25, 0.3) is 11.0 Å². The van der Waals surface area contributed by atoms with Crippen molar-refractivity contribution in [1.29, 1.82) is 0 Å². The molecule has 6 rings (SSSR count). The second kappa shape index (κ2) is 9.33. The lowest BCUT2D eigenvalue weighted by molar-refractivity contribution is 0.0970. The van der Waals surface area contributed by atoms with Gasteiger partial charge >= 0.3 is 0 Å². The van der Waals surface area contributed by atoms with Crippen LogP contribution in [0.3, 0.4) is 0 Å². The summed E-state index contributed by atoms with van der Waals surface area (Å²) in [6, 6.07) is 25.5. The van der Waals surface area contributed by atoms with Gasteiger partial charge in [0.05, 0.1) is 17.0 Å². The summed E-state index contributed by atoms with van der Waals surface area (Å²) in [4.78, 5) is 33.5. The van der Waals surface area contributed by atoms with E-state index in [1.54, 1.807) is 30.5 Å². The lowest BCUT2D eigenvalue weighted by Crippen LogP contribution is -2.30. The fourth-order valence-electron chi connectivity index (χ4n) is 4.59. The highest BCUT2D eigenvalue weighted by Gasteiger charge is 2.44. The van der Waals surface area contributed by atoms with Gasteiger partial charge in [-0.25, -0.2) is 4.98 Å². The highest BCUT2D eigenvalue weighted by Crippen LogP contribution is 2.41. The van der Waals surface area contributed by atoms with Crippen LogP contribution in [0.5, 0.6) is 5.75 Å². The Hall–Kier alpha value is -4.23. The monoisotopic (exact) mass is 552 g/mol. The number of rotatable bonds is 5. The fraction of sp³-hybridized carbons (Fsp3) is 0.100. The van der Waals surface area contributed by atoms with Crippen LogP contribution in [0.2, 0.25) is 0 Å². The van der Waals surface area contributed by atoms with Crippen LogP contribution in [-0.2, 0) is 6.61 Å². The molecule has 0 saturated carbocycles. The standard InChI is InChI=1S/C30H21BrN2O4/c1-18-7-14-25(32-16-18)33-27(20-8-11-22(12-9-20)36-17-19-5-3-2-4-6-19)26-28(34)23-15-21(31)10-13-24(23)37-29(26)30(33)35/h2-16,27H,17H2,1H3. The number of ether oxygens (including phenoxy) is 1. The van der Waals surface area contributed by atoms with E-state index in [9.17, 15) is 9.59 Å². The first kappa shape index (κ1) is 23.2. The van der Waals surface area contributed by atoms with Crippen molar-refractivity contribution in [3.05, 3.63) is 134 Å². The first-order chi connectivity index (χ1) is 18.0. The van der Waals surface area contributed by atoms with Gasteiger partial charge in [-0.1, -0.05) is 64.5 Å². The number of amides is 1. The Morgan fingerprint density at radius 1 is 0.973 bits per heavy atom. The molecule has 1 unspecified atom stereocenters. The van der Waals surface area contributed by atoms with Crippen LogP contribution < -0.4 is 15.1 Å². The summed E-state index contributed by atoms with van der Waals surface area (Å²) in [6.45, 7) is 2.37. The SMILES string of the molecule is Cc1ccc(N2C(=O)c3oc4ccc(Br)cc4c(=O)c3C2c2ccc(OCc3ccccc3)cc2)nc1. The molecule has 0 aliphatic carbocycles. The number of anilines is 1. The minimum absolute atomic E-state index is 0.0385. The van der Waals surface area contributed by atoms with E-state index >= 15 is 0 Å². The van der Waals surface area contributed by atoms with Crippen LogP contribution in [-0.4, -0.2) is 10.9 Å². The third kappa shape index (κ3) is 4.21. The molecule has 0 saturated heterocycles. The van der Waals surface area contributed by atoms with Gasteiger partial charge in [-0.2, -0.15) is 0 Å². The minimum atomic E-state index is -0.694. The summed E-state index contributed by atoms with van der Waals surface area (Å²) in [5.74, 6) is 0.770. The summed E-state index contributed by atoms with van der Waals surface area (Å²) in [5, 5.41) is 0.410. The van der Waals surface area contributed by atoms with Crippen molar-refractivity contribution in [2.45, 2.75) is 19.6 Å². The van der Waals surface area contributed by atoms with Gasteiger partial charge in [0, 0.05) is 10.7 Å². The third-order valence-corrected chi connectivity index (χ3v) is 6.91. The molecule has 0 bridgehead atoms. The lowest BCUT2D eigenvalue weighted by atomic mass is 9.98. The number of aromatic nitrogens is 1. The number of pyridine rings is 1. The van der Waals surface area contributed by atoms with Crippen molar-refractivity contribution in [2.24, 2.45) is 0 Å². The maximum absolute atomic E-state index is 13.8. The molecule has 6 nitrogen and oxygen atoms in total. The van der Waals surface area contributed by atoms with E-state index in [1.807, 2.05) is 67.6 Å². The average molecular weight is 553 g/mol. The van der Waals surface area contributed by atoms with Crippen LogP contribution >= 0.6 is 15.9 Å². The maximum Gasteiger partial charge on any atom is 0.296 e. The van der Waals surface area contributed by atoms with E-state index in [2.05, 4.69) is 20.9 Å². The molecule has 1 atom stereocenters. The van der Waals surface area contributed by atoms with Gasteiger partial charge in [-0.05, 0) is 60.0 Å². The molecule has 0 radical (unpaired) electrons. The molecule has 182 valence electrons. The number of hydrogen-bond acceptors (Lipinski definition) is 5. The average Bonchev–Trinajstić information content (AvgIpc) is 3.21. The normalized spacial score (nSPS) is 14.7. The van der Waals surface area contributed by atoms with E-state index in [0.717, 1.165) is 21.2 Å². The van der Waals surface area contributed by atoms with Gasteiger partial charge < -0.3 is 9.15 Å². The zero-order chi connectivity index (χ0) is 25.5. The first-order valence-electron chi connectivity index (χ1n) is 11.8. The highest BCUT2D eigenvalue weighted by atomic mass is 79.9. The second-order valence-electron chi connectivity index (χ2n) is 8.93. The minimum Gasteiger partial charge on any atom is -0.489 e. The third-order valence-electron chi connectivity index (χ3n) is 6.42. The Labute approximate surface area is 221 Å². The molecule has 5 aromatic rings. The Morgan fingerprint density at radius 3 is 2.49 bits per heavy atom. The van der Waals surface area contributed by atoms with Gasteiger partial charge in [-0.15, -0.1) is 0 Å². The number of hydrogen-bond donors (Lipinski definition) is 0. The predicted molar refractivity (Wildman–Crippen MR) is 145 cm³/mol. The Bertz CT molecular complexity index is 1680. The molecule has 0 fully saturated rings. The Kier molecular flexibility index (Phi) is 5.85. The van der Waals surface area contributed by atoms with Crippen molar-refractivity contribution in [1.82, 2.24) is 4.98 Å².